The Labute approximate surface area is 123 Å². The fourth-order valence-electron chi connectivity index (χ4n) is 2.43. The highest BCUT2D eigenvalue weighted by Crippen LogP contribution is 2.24. The summed E-state index contributed by atoms with van der Waals surface area (Å²) < 4.78 is 0. The Morgan fingerprint density at radius 1 is 1.33 bits per heavy atom. The Kier molecular flexibility index (Phi) is 4.97. The SMILES string of the molecule is Nc1cc([N+](=O)[O-])ccc1NCCC(=O)N1CCCCC1. The molecule has 21 heavy (non-hydrogen) atoms. The maximum atomic E-state index is 12.0. The molecule has 1 aliphatic heterocycles. The first-order chi connectivity index (χ1) is 10.1. The summed E-state index contributed by atoms with van der Waals surface area (Å²) in [6.45, 7) is 2.16. The molecule has 0 spiro atoms. The Balaban J connectivity index is 1.83. The molecule has 0 atom stereocenters. The zero-order chi connectivity index (χ0) is 15.2. The highest BCUT2D eigenvalue weighted by atomic mass is 16.6. The van der Waals surface area contributed by atoms with E-state index < -0.39 is 4.92 Å². The zero-order valence-electron chi connectivity index (χ0n) is 11.9. The van der Waals surface area contributed by atoms with Crippen molar-refractivity contribution in [2.45, 2.75) is 25.7 Å². The fourth-order valence-corrected chi connectivity index (χ4v) is 2.43. The predicted octanol–water partition coefficient (Wildman–Crippen LogP) is 1.99. The standard InChI is InChI=1S/C14H20N4O3/c15-12-10-11(18(20)21)4-5-13(12)16-7-6-14(19)17-8-2-1-3-9-17/h4-5,10,16H,1-3,6-9,15H2. The van der Waals surface area contributed by atoms with Crippen LogP contribution < -0.4 is 11.1 Å². The molecule has 0 unspecified atom stereocenters. The number of hydrogen-bond donors (Lipinski definition) is 2. The van der Waals surface area contributed by atoms with Crippen molar-refractivity contribution in [2.75, 3.05) is 30.7 Å². The van der Waals surface area contributed by atoms with Gasteiger partial charge in [0, 0.05) is 38.2 Å². The van der Waals surface area contributed by atoms with Gasteiger partial charge in [0.1, 0.15) is 0 Å². The van der Waals surface area contributed by atoms with E-state index >= 15 is 0 Å². The third-order valence-electron chi connectivity index (χ3n) is 3.61. The number of benzene rings is 1. The molecule has 0 bridgehead atoms. The number of rotatable bonds is 5. The molecule has 114 valence electrons. The molecule has 1 saturated heterocycles. The van der Waals surface area contributed by atoms with Crippen molar-refractivity contribution in [1.29, 1.82) is 0 Å². The number of anilines is 2. The van der Waals surface area contributed by atoms with Crippen LogP contribution in [0.2, 0.25) is 0 Å². The van der Waals surface area contributed by atoms with E-state index in [1.54, 1.807) is 6.07 Å². The molecule has 1 aromatic rings. The summed E-state index contributed by atoms with van der Waals surface area (Å²) in [7, 11) is 0. The molecule has 2 rings (SSSR count). The topological polar surface area (TPSA) is 101 Å². The van der Waals surface area contributed by atoms with Crippen molar-refractivity contribution in [3.8, 4) is 0 Å². The van der Waals surface area contributed by atoms with Gasteiger partial charge in [0.25, 0.3) is 5.69 Å². The minimum atomic E-state index is -0.486. The lowest BCUT2D eigenvalue weighted by molar-refractivity contribution is -0.384. The van der Waals surface area contributed by atoms with Crippen LogP contribution in [0.1, 0.15) is 25.7 Å². The molecule has 1 fully saturated rings. The normalized spacial score (nSPS) is 14.8. The summed E-state index contributed by atoms with van der Waals surface area (Å²) in [6, 6.07) is 4.28. The summed E-state index contributed by atoms with van der Waals surface area (Å²) >= 11 is 0. The number of amides is 1. The minimum absolute atomic E-state index is 0.0394. The van der Waals surface area contributed by atoms with Crippen molar-refractivity contribution < 1.29 is 9.72 Å². The molecule has 0 saturated carbocycles. The Morgan fingerprint density at radius 3 is 2.67 bits per heavy atom. The van der Waals surface area contributed by atoms with E-state index in [1.807, 2.05) is 4.90 Å². The highest BCUT2D eigenvalue weighted by Gasteiger charge is 2.16. The van der Waals surface area contributed by atoms with E-state index in [0.717, 1.165) is 25.9 Å². The Bertz CT molecular complexity index is 527. The summed E-state index contributed by atoms with van der Waals surface area (Å²) in [4.78, 5) is 24.0. The minimum Gasteiger partial charge on any atom is -0.397 e. The average molecular weight is 292 g/mol. The molecular formula is C14H20N4O3. The number of carbonyl (C=O) groups is 1. The first-order valence-corrected chi connectivity index (χ1v) is 7.13. The fraction of sp³-hybridized carbons (Fsp3) is 0.500. The molecular weight excluding hydrogens is 272 g/mol. The second-order valence-electron chi connectivity index (χ2n) is 5.15. The number of likely N-dealkylation sites (tertiary alicyclic amines) is 1. The average Bonchev–Trinajstić information content (AvgIpc) is 2.49. The smallest absolute Gasteiger partial charge is 0.271 e. The van der Waals surface area contributed by atoms with Crippen molar-refractivity contribution in [2.24, 2.45) is 0 Å². The van der Waals surface area contributed by atoms with Gasteiger partial charge in [-0.3, -0.25) is 14.9 Å². The third kappa shape index (κ3) is 4.08. The van der Waals surface area contributed by atoms with Crippen LogP contribution in [0.5, 0.6) is 0 Å². The zero-order valence-corrected chi connectivity index (χ0v) is 11.9. The maximum absolute atomic E-state index is 12.0. The Morgan fingerprint density at radius 2 is 2.05 bits per heavy atom. The molecule has 7 heteroatoms. The van der Waals surface area contributed by atoms with Crippen molar-refractivity contribution >= 4 is 23.0 Å². The molecule has 0 radical (unpaired) electrons. The molecule has 7 nitrogen and oxygen atoms in total. The van der Waals surface area contributed by atoms with E-state index in [9.17, 15) is 14.9 Å². The van der Waals surface area contributed by atoms with E-state index in [2.05, 4.69) is 5.32 Å². The van der Waals surface area contributed by atoms with Gasteiger partial charge >= 0.3 is 0 Å². The number of carbonyl (C=O) groups excluding carboxylic acids is 1. The van der Waals surface area contributed by atoms with Crippen LogP contribution in [0.25, 0.3) is 0 Å². The van der Waals surface area contributed by atoms with Crippen LogP contribution in [0.15, 0.2) is 18.2 Å². The van der Waals surface area contributed by atoms with Gasteiger partial charge in [-0.05, 0) is 25.3 Å². The first kappa shape index (κ1) is 15.1. The van der Waals surface area contributed by atoms with Crippen LogP contribution in [-0.4, -0.2) is 35.4 Å². The number of nitrogen functional groups attached to an aromatic ring is 1. The van der Waals surface area contributed by atoms with Gasteiger partial charge in [-0.25, -0.2) is 0 Å². The summed E-state index contributed by atoms with van der Waals surface area (Å²) in [6.07, 6.45) is 3.75. The lowest BCUT2D eigenvalue weighted by Crippen LogP contribution is -2.36. The van der Waals surface area contributed by atoms with Crippen molar-refractivity contribution in [1.82, 2.24) is 4.90 Å². The summed E-state index contributed by atoms with van der Waals surface area (Å²) in [5.74, 6) is 0.141. The molecule has 1 heterocycles. The van der Waals surface area contributed by atoms with E-state index in [-0.39, 0.29) is 11.6 Å². The van der Waals surface area contributed by atoms with Crippen LogP contribution in [-0.2, 0) is 4.79 Å². The Hall–Kier alpha value is -2.31. The highest BCUT2D eigenvalue weighted by molar-refractivity contribution is 5.77. The quantitative estimate of drug-likeness (QED) is 0.491. The third-order valence-corrected chi connectivity index (χ3v) is 3.61. The molecule has 0 aromatic heterocycles. The number of nitrogens with zero attached hydrogens (tertiary/aromatic N) is 2. The number of piperidine rings is 1. The first-order valence-electron chi connectivity index (χ1n) is 7.13. The van der Waals surface area contributed by atoms with Gasteiger partial charge in [-0.2, -0.15) is 0 Å². The largest absolute Gasteiger partial charge is 0.397 e. The van der Waals surface area contributed by atoms with E-state index in [1.165, 1.54) is 18.6 Å². The van der Waals surface area contributed by atoms with E-state index in [4.69, 9.17) is 5.73 Å². The van der Waals surface area contributed by atoms with E-state index in [0.29, 0.717) is 24.3 Å². The monoisotopic (exact) mass is 292 g/mol. The molecule has 3 N–H and O–H groups in total. The van der Waals surface area contributed by atoms with Gasteiger partial charge in [0.2, 0.25) is 5.91 Å². The lowest BCUT2D eigenvalue weighted by atomic mass is 10.1. The van der Waals surface area contributed by atoms with Gasteiger partial charge in [0.05, 0.1) is 16.3 Å². The van der Waals surface area contributed by atoms with Crippen LogP contribution in [0.3, 0.4) is 0 Å². The van der Waals surface area contributed by atoms with Gasteiger partial charge in [-0.1, -0.05) is 0 Å². The molecule has 1 amide bonds. The summed E-state index contributed by atoms with van der Waals surface area (Å²) in [5.41, 5.74) is 6.65. The van der Waals surface area contributed by atoms with Gasteiger partial charge in [-0.15, -0.1) is 0 Å². The van der Waals surface area contributed by atoms with Crippen molar-refractivity contribution in [3.63, 3.8) is 0 Å². The van der Waals surface area contributed by atoms with Crippen LogP contribution in [0, 0.1) is 10.1 Å². The summed E-state index contributed by atoms with van der Waals surface area (Å²) in [5, 5.41) is 13.7. The van der Waals surface area contributed by atoms with Crippen LogP contribution in [0.4, 0.5) is 17.1 Å². The maximum Gasteiger partial charge on any atom is 0.271 e. The second-order valence-corrected chi connectivity index (χ2v) is 5.15. The molecule has 1 aliphatic rings. The predicted molar refractivity (Wildman–Crippen MR) is 81.0 cm³/mol. The molecule has 0 aliphatic carbocycles. The number of nitro benzene ring substituents is 1. The van der Waals surface area contributed by atoms with Gasteiger partial charge < -0.3 is 16.0 Å². The number of nitro groups is 1. The molecule has 1 aromatic carbocycles. The number of hydrogen-bond acceptors (Lipinski definition) is 5. The van der Waals surface area contributed by atoms with Crippen molar-refractivity contribution in [3.05, 3.63) is 28.3 Å². The van der Waals surface area contributed by atoms with Crippen LogP contribution >= 0.6 is 0 Å². The second kappa shape index (κ2) is 6.92. The number of nitrogens with two attached hydrogens (primary N) is 1. The van der Waals surface area contributed by atoms with Gasteiger partial charge in [0.15, 0.2) is 0 Å². The lowest BCUT2D eigenvalue weighted by Gasteiger charge is -2.26. The number of nitrogens with one attached hydrogen (secondary N) is 1. The number of non-ortho nitro benzene ring substituents is 1.